The van der Waals surface area contributed by atoms with Crippen LogP contribution in [-0.2, 0) is 9.53 Å². The van der Waals surface area contributed by atoms with Gasteiger partial charge in [0.2, 0.25) is 5.91 Å². The van der Waals surface area contributed by atoms with Crippen molar-refractivity contribution in [1.82, 2.24) is 4.90 Å². The van der Waals surface area contributed by atoms with Crippen molar-refractivity contribution in [2.24, 2.45) is 5.92 Å². The molecule has 1 saturated heterocycles. The molecule has 21 heavy (non-hydrogen) atoms. The van der Waals surface area contributed by atoms with Crippen LogP contribution >= 0.6 is 11.6 Å². The first-order valence-electron chi connectivity index (χ1n) is 6.91. The third-order valence-corrected chi connectivity index (χ3v) is 4.23. The number of piperidine rings is 1. The molecular formula is C15H19ClN2O3. The molecule has 1 N–H and O–H groups in total. The molecule has 1 heterocycles. The van der Waals surface area contributed by atoms with Gasteiger partial charge in [-0.1, -0.05) is 17.7 Å². The van der Waals surface area contributed by atoms with E-state index in [1.165, 1.54) is 7.11 Å². The lowest BCUT2D eigenvalue weighted by molar-refractivity contribution is -0.121. The minimum atomic E-state index is -0.334. The highest BCUT2D eigenvalue weighted by Gasteiger charge is 2.27. The van der Waals surface area contributed by atoms with Gasteiger partial charge >= 0.3 is 6.09 Å². The SMILES string of the molecule is COC(=O)N1CCC(C(=O)Nc2cccc(Cl)c2C)CC1. The molecule has 0 spiro atoms. The van der Waals surface area contributed by atoms with Crippen LogP contribution in [0.4, 0.5) is 10.5 Å². The molecule has 0 radical (unpaired) electrons. The van der Waals surface area contributed by atoms with Crippen LogP contribution in [0.2, 0.25) is 5.02 Å². The van der Waals surface area contributed by atoms with Gasteiger partial charge in [0, 0.05) is 29.7 Å². The van der Waals surface area contributed by atoms with E-state index in [4.69, 9.17) is 11.6 Å². The molecule has 0 aromatic heterocycles. The second-order valence-corrected chi connectivity index (χ2v) is 5.54. The predicted octanol–water partition coefficient (Wildman–Crippen LogP) is 3.07. The fraction of sp³-hybridized carbons (Fsp3) is 0.467. The number of ether oxygens (including phenoxy) is 1. The summed E-state index contributed by atoms with van der Waals surface area (Å²) >= 11 is 6.04. The Hall–Kier alpha value is -1.75. The van der Waals surface area contributed by atoms with E-state index in [0.29, 0.717) is 31.0 Å². The van der Waals surface area contributed by atoms with E-state index in [2.05, 4.69) is 10.1 Å². The maximum atomic E-state index is 12.3. The van der Waals surface area contributed by atoms with Crippen LogP contribution < -0.4 is 5.32 Å². The van der Waals surface area contributed by atoms with E-state index in [9.17, 15) is 9.59 Å². The highest BCUT2D eigenvalue weighted by Crippen LogP contribution is 2.25. The maximum Gasteiger partial charge on any atom is 0.409 e. The number of methoxy groups -OCH3 is 1. The molecule has 114 valence electrons. The van der Waals surface area contributed by atoms with Crippen LogP contribution in [0.15, 0.2) is 18.2 Å². The highest BCUT2D eigenvalue weighted by atomic mass is 35.5. The molecule has 0 bridgehead atoms. The van der Waals surface area contributed by atoms with Crippen LogP contribution in [0.3, 0.4) is 0 Å². The molecule has 0 aliphatic carbocycles. The Labute approximate surface area is 129 Å². The lowest BCUT2D eigenvalue weighted by Gasteiger charge is -2.30. The van der Waals surface area contributed by atoms with Crippen molar-refractivity contribution in [2.45, 2.75) is 19.8 Å². The van der Waals surface area contributed by atoms with E-state index < -0.39 is 0 Å². The number of anilines is 1. The summed E-state index contributed by atoms with van der Waals surface area (Å²) in [5.74, 6) is -0.117. The number of amides is 2. The molecule has 2 amide bonds. The molecule has 2 rings (SSSR count). The van der Waals surface area contributed by atoms with Crippen LogP contribution in [0.5, 0.6) is 0 Å². The zero-order valence-electron chi connectivity index (χ0n) is 12.2. The molecule has 0 unspecified atom stereocenters. The van der Waals surface area contributed by atoms with E-state index in [1.807, 2.05) is 19.1 Å². The molecule has 1 aliphatic rings. The molecule has 6 heteroatoms. The fourth-order valence-electron chi connectivity index (χ4n) is 2.43. The zero-order chi connectivity index (χ0) is 15.4. The summed E-state index contributed by atoms with van der Waals surface area (Å²) in [7, 11) is 1.36. The molecule has 1 fully saturated rings. The van der Waals surface area contributed by atoms with Gasteiger partial charge in [0.15, 0.2) is 0 Å². The average molecular weight is 311 g/mol. The van der Waals surface area contributed by atoms with E-state index in [-0.39, 0.29) is 17.9 Å². The van der Waals surface area contributed by atoms with Gasteiger partial charge in [0.1, 0.15) is 0 Å². The Bertz CT molecular complexity index is 540. The lowest BCUT2D eigenvalue weighted by atomic mass is 9.96. The van der Waals surface area contributed by atoms with Crippen LogP contribution in [-0.4, -0.2) is 37.1 Å². The number of carbonyl (C=O) groups excluding carboxylic acids is 2. The number of nitrogens with one attached hydrogen (secondary N) is 1. The maximum absolute atomic E-state index is 12.3. The molecule has 1 aromatic rings. The highest BCUT2D eigenvalue weighted by molar-refractivity contribution is 6.31. The molecular weight excluding hydrogens is 292 g/mol. The minimum absolute atomic E-state index is 0.0233. The van der Waals surface area contributed by atoms with Crippen molar-refractivity contribution in [2.75, 3.05) is 25.5 Å². The van der Waals surface area contributed by atoms with Crippen LogP contribution in [0, 0.1) is 12.8 Å². The van der Waals surface area contributed by atoms with Crippen molar-refractivity contribution in [1.29, 1.82) is 0 Å². The number of rotatable bonds is 2. The summed E-state index contributed by atoms with van der Waals surface area (Å²) in [5.41, 5.74) is 1.60. The van der Waals surface area contributed by atoms with Crippen molar-refractivity contribution in [3.05, 3.63) is 28.8 Å². The fourth-order valence-corrected chi connectivity index (χ4v) is 2.61. The van der Waals surface area contributed by atoms with E-state index >= 15 is 0 Å². The smallest absolute Gasteiger partial charge is 0.409 e. The first-order chi connectivity index (χ1) is 10.0. The second kappa shape index (κ2) is 6.80. The largest absolute Gasteiger partial charge is 0.453 e. The van der Waals surface area contributed by atoms with Gasteiger partial charge in [-0.3, -0.25) is 4.79 Å². The van der Waals surface area contributed by atoms with Crippen molar-refractivity contribution >= 4 is 29.3 Å². The molecule has 0 saturated carbocycles. The molecule has 0 atom stereocenters. The Morgan fingerprint density at radius 3 is 2.62 bits per heavy atom. The first-order valence-corrected chi connectivity index (χ1v) is 7.29. The number of likely N-dealkylation sites (tertiary alicyclic amines) is 1. The quantitative estimate of drug-likeness (QED) is 0.913. The number of nitrogens with zero attached hydrogens (tertiary/aromatic N) is 1. The summed E-state index contributed by atoms with van der Waals surface area (Å²) in [6.07, 6.45) is 0.945. The standard InChI is InChI=1S/C15H19ClN2O3/c1-10-12(16)4-3-5-13(10)17-14(19)11-6-8-18(9-7-11)15(20)21-2/h3-5,11H,6-9H2,1-2H3,(H,17,19). The Balaban J connectivity index is 1.93. The summed E-state index contributed by atoms with van der Waals surface area (Å²) in [6, 6.07) is 5.44. The number of benzene rings is 1. The van der Waals surface area contributed by atoms with Gasteiger partial charge in [-0.05, 0) is 37.5 Å². The number of halogens is 1. The van der Waals surface area contributed by atoms with Crippen LogP contribution in [0.1, 0.15) is 18.4 Å². The second-order valence-electron chi connectivity index (χ2n) is 5.13. The zero-order valence-corrected chi connectivity index (χ0v) is 12.9. The van der Waals surface area contributed by atoms with Gasteiger partial charge in [-0.25, -0.2) is 4.79 Å². The number of carbonyl (C=O) groups is 2. The summed E-state index contributed by atoms with van der Waals surface area (Å²) < 4.78 is 4.68. The monoisotopic (exact) mass is 310 g/mol. The topological polar surface area (TPSA) is 58.6 Å². The van der Waals surface area contributed by atoms with Gasteiger partial charge in [-0.15, -0.1) is 0 Å². The number of hydrogen-bond acceptors (Lipinski definition) is 3. The van der Waals surface area contributed by atoms with Crippen LogP contribution in [0.25, 0.3) is 0 Å². The van der Waals surface area contributed by atoms with Crippen molar-refractivity contribution < 1.29 is 14.3 Å². The third-order valence-electron chi connectivity index (χ3n) is 3.82. The van der Waals surface area contributed by atoms with Crippen molar-refractivity contribution in [3.63, 3.8) is 0 Å². The summed E-state index contributed by atoms with van der Waals surface area (Å²) in [4.78, 5) is 25.3. The van der Waals surface area contributed by atoms with Gasteiger partial charge in [0.25, 0.3) is 0 Å². The van der Waals surface area contributed by atoms with Gasteiger partial charge in [-0.2, -0.15) is 0 Å². The lowest BCUT2D eigenvalue weighted by Crippen LogP contribution is -2.41. The Morgan fingerprint density at radius 1 is 1.33 bits per heavy atom. The summed E-state index contributed by atoms with van der Waals surface area (Å²) in [5, 5.41) is 3.55. The molecule has 1 aliphatic heterocycles. The van der Waals surface area contributed by atoms with E-state index in [0.717, 1.165) is 11.3 Å². The normalized spacial score (nSPS) is 15.7. The first kappa shape index (κ1) is 15.6. The predicted molar refractivity (Wildman–Crippen MR) is 81.5 cm³/mol. The third kappa shape index (κ3) is 3.67. The number of hydrogen-bond donors (Lipinski definition) is 1. The average Bonchev–Trinajstić information content (AvgIpc) is 2.51. The van der Waals surface area contributed by atoms with Gasteiger partial charge in [0.05, 0.1) is 7.11 Å². The Kier molecular flexibility index (Phi) is 5.07. The summed E-state index contributed by atoms with van der Waals surface area (Å²) in [6.45, 7) is 2.95. The van der Waals surface area contributed by atoms with Crippen molar-refractivity contribution in [3.8, 4) is 0 Å². The Morgan fingerprint density at radius 2 is 2.00 bits per heavy atom. The van der Waals surface area contributed by atoms with E-state index in [1.54, 1.807) is 11.0 Å². The molecule has 5 nitrogen and oxygen atoms in total. The minimum Gasteiger partial charge on any atom is -0.453 e. The molecule has 1 aromatic carbocycles. The van der Waals surface area contributed by atoms with Gasteiger partial charge < -0.3 is 15.0 Å².